The zero-order chi connectivity index (χ0) is 13.9. The Labute approximate surface area is 134 Å². The molecule has 0 spiro atoms. The fraction of sp³-hybridized carbons (Fsp3) is 0.556. The minimum absolute atomic E-state index is 0. The molecule has 1 aromatic heterocycles. The Bertz CT molecular complexity index is 568. The van der Waals surface area contributed by atoms with E-state index in [0.29, 0.717) is 6.04 Å². The van der Waals surface area contributed by atoms with Crippen LogP contribution in [0, 0.1) is 0 Å². The number of rotatable bonds is 4. The molecular weight excluding hydrogens is 280 g/mol. The number of benzene rings is 1. The van der Waals surface area contributed by atoms with Crippen molar-refractivity contribution in [2.45, 2.75) is 64.6 Å². The van der Waals surface area contributed by atoms with E-state index in [9.17, 15) is 0 Å². The number of hydrogen-bond acceptors (Lipinski definition) is 1. The molecule has 1 saturated carbocycles. The number of fused-ring (bicyclic) bond motifs is 1. The van der Waals surface area contributed by atoms with Gasteiger partial charge in [0.15, 0.2) is 0 Å². The van der Waals surface area contributed by atoms with E-state index in [-0.39, 0.29) is 12.4 Å². The maximum absolute atomic E-state index is 3.77. The lowest BCUT2D eigenvalue weighted by Crippen LogP contribution is -2.30. The lowest BCUT2D eigenvalue weighted by molar-refractivity contribution is 0.372. The summed E-state index contributed by atoms with van der Waals surface area (Å²) < 4.78 is 2.40. The lowest BCUT2D eigenvalue weighted by Gasteiger charge is -2.22. The predicted molar refractivity (Wildman–Crippen MR) is 93.3 cm³/mol. The molecule has 0 radical (unpaired) electrons. The van der Waals surface area contributed by atoms with E-state index in [0.717, 1.165) is 12.6 Å². The number of nitrogens with zero attached hydrogens (tertiary/aromatic N) is 1. The van der Waals surface area contributed by atoms with E-state index >= 15 is 0 Å². The summed E-state index contributed by atoms with van der Waals surface area (Å²) >= 11 is 0. The van der Waals surface area contributed by atoms with Crippen molar-refractivity contribution in [3.05, 3.63) is 36.0 Å². The monoisotopic (exact) mass is 306 g/mol. The third-order valence-electron chi connectivity index (χ3n) is 4.57. The second-order valence-corrected chi connectivity index (χ2v) is 6.39. The molecular formula is C18H27ClN2. The third-order valence-corrected chi connectivity index (χ3v) is 4.57. The lowest BCUT2D eigenvalue weighted by atomic mass is 9.95. The summed E-state index contributed by atoms with van der Waals surface area (Å²) in [6, 6.07) is 10.0. The molecule has 116 valence electrons. The first-order valence-electron chi connectivity index (χ1n) is 8.07. The Morgan fingerprint density at radius 2 is 1.86 bits per heavy atom. The van der Waals surface area contributed by atoms with Crippen molar-refractivity contribution in [3.8, 4) is 0 Å². The van der Waals surface area contributed by atoms with E-state index in [1.165, 1.54) is 48.6 Å². The van der Waals surface area contributed by atoms with Crippen LogP contribution in [0.1, 0.15) is 57.6 Å². The topological polar surface area (TPSA) is 17.0 Å². The zero-order valence-corrected chi connectivity index (χ0v) is 14.0. The summed E-state index contributed by atoms with van der Waals surface area (Å²) in [5.74, 6) is 0. The molecule has 0 atom stereocenters. The van der Waals surface area contributed by atoms with Gasteiger partial charge < -0.3 is 9.88 Å². The van der Waals surface area contributed by atoms with Gasteiger partial charge in [-0.05, 0) is 38.3 Å². The van der Waals surface area contributed by atoms with Gasteiger partial charge in [-0.1, -0.05) is 37.5 Å². The number of aromatic nitrogens is 1. The van der Waals surface area contributed by atoms with Gasteiger partial charge in [0.25, 0.3) is 0 Å². The molecule has 0 amide bonds. The molecule has 1 aromatic carbocycles. The second-order valence-electron chi connectivity index (χ2n) is 6.39. The van der Waals surface area contributed by atoms with Crippen molar-refractivity contribution in [2.75, 3.05) is 0 Å². The number of nitrogens with one attached hydrogen (secondary N) is 1. The van der Waals surface area contributed by atoms with Crippen LogP contribution in [0.25, 0.3) is 10.9 Å². The van der Waals surface area contributed by atoms with Crippen molar-refractivity contribution >= 4 is 23.3 Å². The van der Waals surface area contributed by atoms with Crippen molar-refractivity contribution in [2.24, 2.45) is 0 Å². The molecule has 21 heavy (non-hydrogen) atoms. The molecule has 0 unspecified atom stereocenters. The quantitative estimate of drug-likeness (QED) is 0.835. The average molecular weight is 307 g/mol. The summed E-state index contributed by atoms with van der Waals surface area (Å²) in [5, 5.41) is 5.18. The highest BCUT2D eigenvalue weighted by Crippen LogP contribution is 2.25. The van der Waals surface area contributed by atoms with E-state index < -0.39 is 0 Å². The largest absolute Gasteiger partial charge is 0.345 e. The first-order valence-corrected chi connectivity index (χ1v) is 8.07. The third kappa shape index (κ3) is 3.61. The second kappa shape index (κ2) is 7.33. The van der Waals surface area contributed by atoms with Crippen LogP contribution < -0.4 is 5.32 Å². The summed E-state index contributed by atoms with van der Waals surface area (Å²) in [4.78, 5) is 0. The molecule has 3 rings (SSSR count). The minimum atomic E-state index is 0. The predicted octanol–water partition coefficient (Wildman–Crippen LogP) is 5.07. The van der Waals surface area contributed by atoms with E-state index in [4.69, 9.17) is 0 Å². The maximum Gasteiger partial charge on any atom is 0.0486 e. The molecule has 0 aliphatic heterocycles. The normalized spacial score (nSPS) is 16.3. The van der Waals surface area contributed by atoms with E-state index in [1.54, 1.807) is 0 Å². The smallest absolute Gasteiger partial charge is 0.0486 e. The molecule has 1 aliphatic rings. The van der Waals surface area contributed by atoms with Crippen LogP contribution in [0.4, 0.5) is 0 Å². The standard InChI is InChI=1S/C18H26N2.ClH/c1-14(2)20-13-15(17-10-6-7-11-18(17)20)12-19-16-8-4-3-5-9-16;/h6-7,10-11,13-14,16,19H,3-5,8-9,12H2,1-2H3;1H. The van der Waals surface area contributed by atoms with Gasteiger partial charge in [-0.2, -0.15) is 0 Å². The first-order chi connectivity index (χ1) is 9.75. The Balaban J connectivity index is 0.00000161. The van der Waals surface area contributed by atoms with Crippen molar-refractivity contribution < 1.29 is 0 Å². The molecule has 1 heterocycles. The van der Waals surface area contributed by atoms with Crippen LogP contribution in [0.5, 0.6) is 0 Å². The highest BCUT2D eigenvalue weighted by atomic mass is 35.5. The molecule has 0 bridgehead atoms. The van der Waals surface area contributed by atoms with E-state index in [1.807, 2.05) is 0 Å². The Hall–Kier alpha value is -0.990. The number of halogens is 1. The van der Waals surface area contributed by atoms with Crippen molar-refractivity contribution in [1.82, 2.24) is 9.88 Å². The van der Waals surface area contributed by atoms with Gasteiger partial charge in [-0.25, -0.2) is 0 Å². The SMILES string of the molecule is CC(C)n1cc(CNC2CCCCC2)c2ccccc21.Cl. The molecule has 1 N–H and O–H groups in total. The van der Waals surface area contributed by atoms with Crippen LogP contribution in [0.3, 0.4) is 0 Å². The Kier molecular flexibility index (Phi) is 5.72. The Morgan fingerprint density at radius 3 is 2.57 bits per heavy atom. The van der Waals surface area contributed by atoms with Crippen LogP contribution in [-0.4, -0.2) is 10.6 Å². The van der Waals surface area contributed by atoms with Crippen LogP contribution in [0.15, 0.2) is 30.5 Å². The van der Waals surface area contributed by atoms with Gasteiger partial charge in [-0.15, -0.1) is 12.4 Å². The average Bonchev–Trinajstić information content (AvgIpc) is 2.85. The van der Waals surface area contributed by atoms with Gasteiger partial charge in [0.2, 0.25) is 0 Å². The highest BCUT2D eigenvalue weighted by molar-refractivity contribution is 5.85. The number of hydrogen-bond donors (Lipinski definition) is 1. The number of para-hydroxylation sites is 1. The maximum atomic E-state index is 3.77. The summed E-state index contributed by atoms with van der Waals surface area (Å²) in [6.45, 7) is 5.51. The van der Waals surface area contributed by atoms with Crippen LogP contribution in [0.2, 0.25) is 0 Å². The van der Waals surface area contributed by atoms with Crippen LogP contribution in [-0.2, 0) is 6.54 Å². The first kappa shape index (κ1) is 16.4. The Morgan fingerprint density at radius 1 is 1.14 bits per heavy atom. The van der Waals surface area contributed by atoms with Gasteiger partial charge in [-0.3, -0.25) is 0 Å². The summed E-state index contributed by atoms with van der Waals surface area (Å²) in [7, 11) is 0. The fourth-order valence-electron chi connectivity index (χ4n) is 3.41. The molecule has 1 fully saturated rings. The molecule has 2 nitrogen and oxygen atoms in total. The van der Waals surface area contributed by atoms with Gasteiger partial charge in [0, 0.05) is 35.7 Å². The molecule has 3 heteroatoms. The highest BCUT2D eigenvalue weighted by Gasteiger charge is 2.14. The van der Waals surface area contributed by atoms with E-state index in [2.05, 4.69) is 54.2 Å². The van der Waals surface area contributed by atoms with Crippen LogP contribution >= 0.6 is 12.4 Å². The summed E-state index contributed by atoms with van der Waals surface area (Å²) in [5.41, 5.74) is 2.81. The summed E-state index contributed by atoms with van der Waals surface area (Å²) in [6.07, 6.45) is 9.25. The zero-order valence-electron chi connectivity index (χ0n) is 13.1. The minimum Gasteiger partial charge on any atom is -0.345 e. The van der Waals surface area contributed by atoms with Gasteiger partial charge in [0.05, 0.1) is 0 Å². The molecule has 0 saturated heterocycles. The fourth-order valence-corrected chi connectivity index (χ4v) is 3.41. The van der Waals surface area contributed by atoms with Gasteiger partial charge >= 0.3 is 0 Å². The molecule has 1 aliphatic carbocycles. The molecule has 2 aromatic rings. The van der Waals surface area contributed by atoms with Crippen molar-refractivity contribution in [3.63, 3.8) is 0 Å². The van der Waals surface area contributed by atoms with Gasteiger partial charge in [0.1, 0.15) is 0 Å². The van der Waals surface area contributed by atoms with Crippen molar-refractivity contribution in [1.29, 1.82) is 0 Å².